The summed E-state index contributed by atoms with van der Waals surface area (Å²) in [6.07, 6.45) is 0. The molecule has 0 spiro atoms. The molecule has 0 heterocycles. The quantitative estimate of drug-likeness (QED) is 0.345. The molecule has 0 unspecified atom stereocenters. The smallest absolute Gasteiger partial charge is 0.129 e. The zero-order valence-electron chi connectivity index (χ0n) is 16.7. The first-order valence-corrected chi connectivity index (χ1v) is 9.04. The highest BCUT2D eigenvalue weighted by Crippen LogP contribution is 1.95. The summed E-state index contributed by atoms with van der Waals surface area (Å²) in [6, 6.07) is 30.8. The molecule has 6 nitrogen and oxygen atoms in total. The Morgan fingerprint density at radius 2 is 0.643 bits per heavy atom. The lowest BCUT2D eigenvalue weighted by Crippen LogP contribution is -2.72. The first-order valence-electron chi connectivity index (χ1n) is 9.04. The standard InChI is InChI=1S/3C7H9N.BO3/c3*1-8-7-5-3-2-4-6-7;2-1(3)4/h3*2-6,8H,1H3;/q;;;-3/p+3. The molecule has 3 aromatic rings. The van der Waals surface area contributed by atoms with Gasteiger partial charge in [0.25, 0.3) is 0 Å². The van der Waals surface area contributed by atoms with Crippen LogP contribution < -0.4 is 31.0 Å². The van der Waals surface area contributed by atoms with E-state index in [1.807, 2.05) is 75.7 Å². The summed E-state index contributed by atoms with van der Waals surface area (Å²) in [5, 5.41) is 31.5. The van der Waals surface area contributed by atoms with Gasteiger partial charge in [-0.05, 0) is 36.4 Å². The molecule has 3 aromatic carbocycles. The monoisotopic (exact) mass is 383 g/mol. The Labute approximate surface area is 168 Å². The third-order valence-electron chi connectivity index (χ3n) is 3.40. The van der Waals surface area contributed by atoms with Crippen LogP contribution in [0, 0.1) is 0 Å². The van der Waals surface area contributed by atoms with Crippen molar-refractivity contribution in [2.45, 2.75) is 0 Å². The zero-order chi connectivity index (χ0) is 21.0. The maximum Gasteiger partial charge on any atom is 0.129 e. The number of quaternary nitrogens is 3. The van der Waals surface area contributed by atoms with Crippen LogP contribution in [0.5, 0.6) is 0 Å². The molecule has 0 bridgehead atoms. The third-order valence-corrected chi connectivity index (χ3v) is 3.40. The topological polar surface area (TPSA) is 119 Å². The second-order valence-corrected chi connectivity index (χ2v) is 5.39. The van der Waals surface area contributed by atoms with Gasteiger partial charge in [0, 0.05) is 0 Å². The van der Waals surface area contributed by atoms with Crippen LogP contribution in [0.1, 0.15) is 0 Å². The van der Waals surface area contributed by atoms with E-state index in [2.05, 4.69) is 52.3 Å². The van der Waals surface area contributed by atoms with Crippen LogP contribution in [0.3, 0.4) is 0 Å². The van der Waals surface area contributed by atoms with E-state index in [0.29, 0.717) is 0 Å². The molecule has 150 valence electrons. The van der Waals surface area contributed by atoms with Gasteiger partial charge in [0.15, 0.2) is 0 Å². The van der Waals surface area contributed by atoms with Crippen molar-refractivity contribution < 1.29 is 31.0 Å². The molecular weight excluding hydrogens is 353 g/mol. The summed E-state index contributed by atoms with van der Waals surface area (Å²) in [5.41, 5.74) is 3.85. The Bertz CT molecular complexity index is 590. The number of hydrogen-bond acceptors (Lipinski definition) is 3. The summed E-state index contributed by atoms with van der Waals surface area (Å²) in [6.45, 7) is 0. The molecule has 0 amide bonds. The van der Waals surface area contributed by atoms with E-state index in [1.165, 1.54) is 17.1 Å². The molecule has 0 radical (unpaired) electrons. The molecule has 7 heteroatoms. The third kappa shape index (κ3) is 15.7. The lowest BCUT2D eigenvalue weighted by Gasteiger charge is -2.35. The van der Waals surface area contributed by atoms with E-state index in [9.17, 15) is 0 Å². The van der Waals surface area contributed by atoms with Gasteiger partial charge >= 0.3 is 0 Å². The van der Waals surface area contributed by atoms with Crippen LogP contribution in [0.2, 0.25) is 0 Å². The Morgan fingerprint density at radius 1 is 0.464 bits per heavy atom. The average molecular weight is 383 g/mol. The number of benzene rings is 3. The molecule has 28 heavy (non-hydrogen) atoms. The van der Waals surface area contributed by atoms with Crippen molar-refractivity contribution >= 4 is 24.4 Å². The maximum atomic E-state index is 8.42. The van der Waals surface area contributed by atoms with Gasteiger partial charge in [0.2, 0.25) is 0 Å². The Balaban J connectivity index is 0.000000358. The molecule has 6 N–H and O–H groups in total. The predicted molar refractivity (Wildman–Crippen MR) is 108 cm³/mol. The minimum absolute atomic E-state index is 1.28. The van der Waals surface area contributed by atoms with Crippen LogP contribution in [-0.4, -0.2) is 28.5 Å². The summed E-state index contributed by atoms with van der Waals surface area (Å²) < 4.78 is 0. The van der Waals surface area contributed by atoms with E-state index in [-0.39, 0.29) is 0 Å². The Hall–Kier alpha value is -2.52. The molecular formula is C21H30BN3O3. The van der Waals surface area contributed by atoms with E-state index in [1.54, 1.807) is 0 Å². The van der Waals surface area contributed by atoms with Crippen molar-refractivity contribution in [3.63, 3.8) is 0 Å². The number of rotatable bonds is 3. The van der Waals surface area contributed by atoms with E-state index >= 15 is 0 Å². The zero-order valence-corrected chi connectivity index (χ0v) is 16.7. The van der Waals surface area contributed by atoms with Gasteiger partial charge in [-0.15, -0.1) is 0 Å². The minimum Gasteiger partial charge on any atom is -0.907 e. The van der Waals surface area contributed by atoms with Crippen molar-refractivity contribution in [2.24, 2.45) is 0 Å². The van der Waals surface area contributed by atoms with E-state index in [0.717, 1.165) is 0 Å². The highest BCUT2D eigenvalue weighted by Gasteiger charge is 1.84. The van der Waals surface area contributed by atoms with Crippen molar-refractivity contribution in [3.8, 4) is 0 Å². The number of hydrogen-bond donors (Lipinski definition) is 3. The van der Waals surface area contributed by atoms with Gasteiger partial charge in [0.05, 0.1) is 21.1 Å². The number of nitrogens with two attached hydrogens (primary N) is 3. The molecule has 0 aliphatic heterocycles. The van der Waals surface area contributed by atoms with Crippen LogP contribution >= 0.6 is 0 Å². The van der Waals surface area contributed by atoms with Crippen LogP contribution in [-0.2, 0) is 0 Å². The Kier molecular flexibility index (Phi) is 16.3. The fourth-order valence-electron chi connectivity index (χ4n) is 1.94. The molecule has 0 saturated carbocycles. The summed E-state index contributed by atoms with van der Waals surface area (Å²) in [5.74, 6) is 0. The SMILES string of the molecule is C[NH2+]c1ccccc1.C[NH2+]c1ccccc1.C[NH2+]c1ccccc1.[O-]B([O-])[O-]. The minimum atomic E-state index is -2.92. The Morgan fingerprint density at radius 3 is 0.750 bits per heavy atom. The first-order chi connectivity index (χ1) is 13.5. The predicted octanol–water partition coefficient (Wildman–Crippen LogP) is -2.41. The number of para-hydroxylation sites is 3. The van der Waals surface area contributed by atoms with Gasteiger partial charge in [-0.3, -0.25) is 7.32 Å². The van der Waals surface area contributed by atoms with Gasteiger partial charge in [-0.25, -0.2) is 0 Å². The highest BCUT2D eigenvalue weighted by molar-refractivity contribution is 6.24. The lowest BCUT2D eigenvalue weighted by molar-refractivity contribution is -0.539. The van der Waals surface area contributed by atoms with Gasteiger partial charge in [0.1, 0.15) is 17.1 Å². The molecule has 0 fully saturated rings. The van der Waals surface area contributed by atoms with Crippen molar-refractivity contribution in [1.29, 1.82) is 0 Å². The molecule has 0 aromatic heterocycles. The van der Waals surface area contributed by atoms with Crippen molar-refractivity contribution in [1.82, 2.24) is 0 Å². The summed E-state index contributed by atoms with van der Waals surface area (Å²) in [7, 11) is 3.19. The highest BCUT2D eigenvalue weighted by atomic mass is 16.5. The lowest BCUT2D eigenvalue weighted by atomic mass is 10.3. The molecule has 0 aliphatic carbocycles. The molecule has 0 atom stereocenters. The fourth-order valence-corrected chi connectivity index (χ4v) is 1.94. The molecule has 0 saturated heterocycles. The van der Waals surface area contributed by atoms with Gasteiger partial charge in [-0.2, -0.15) is 0 Å². The second-order valence-electron chi connectivity index (χ2n) is 5.39. The van der Waals surface area contributed by atoms with Gasteiger partial charge in [-0.1, -0.05) is 54.6 Å². The summed E-state index contributed by atoms with van der Waals surface area (Å²) in [4.78, 5) is 0. The van der Waals surface area contributed by atoms with Gasteiger partial charge < -0.3 is 31.0 Å². The fraction of sp³-hybridized carbons (Fsp3) is 0.143. The van der Waals surface area contributed by atoms with E-state index in [4.69, 9.17) is 15.1 Å². The van der Waals surface area contributed by atoms with E-state index < -0.39 is 7.32 Å². The average Bonchev–Trinajstić information content (AvgIpc) is 2.76. The van der Waals surface area contributed by atoms with Crippen molar-refractivity contribution in [2.75, 3.05) is 21.1 Å². The normalized spacial score (nSPS) is 8.79. The second kappa shape index (κ2) is 17.9. The summed E-state index contributed by atoms with van der Waals surface area (Å²) >= 11 is 0. The van der Waals surface area contributed by atoms with Crippen LogP contribution in [0.25, 0.3) is 0 Å². The maximum absolute atomic E-state index is 8.42. The first kappa shape index (κ1) is 25.5. The van der Waals surface area contributed by atoms with Crippen LogP contribution in [0.4, 0.5) is 17.1 Å². The van der Waals surface area contributed by atoms with Crippen LogP contribution in [0.15, 0.2) is 91.0 Å². The molecule has 3 rings (SSSR count). The largest absolute Gasteiger partial charge is 0.907 e. The van der Waals surface area contributed by atoms with Crippen molar-refractivity contribution in [3.05, 3.63) is 91.0 Å². The molecule has 0 aliphatic rings.